The van der Waals surface area contributed by atoms with E-state index >= 15 is 0 Å². The second kappa shape index (κ2) is 7.96. The minimum Gasteiger partial charge on any atom is -0.352 e. The number of hydrogen-bond donors (Lipinski definition) is 1. The lowest BCUT2D eigenvalue weighted by Gasteiger charge is -2.33. The minimum atomic E-state index is 0.0876. The molecule has 0 bridgehead atoms. The number of carbonyl (C=O) groups excluding carboxylic acids is 1. The molecule has 1 amide bonds. The molecule has 3 heteroatoms. The highest BCUT2D eigenvalue weighted by Gasteiger charge is 2.21. The van der Waals surface area contributed by atoms with E-state index in [1.807, 2.05) is 13.8 Å². The lowest BCUT2D eigenvalue weighted by atomic mass is 9.95. The summed E-state index contributed by atoms with van der Waals surface area (Å²) >= 11 is 0. The molecule has 3 nitrogen and oxygen atoms in total. The maximum atomic E-state index is 12.5. The number of benzene rings is 1. The third-order valence-corrected chi connectivity index (χ3v) is 4.79. The van der Waals surface area contributed by atoms with Gasteiger partial charge in [0.25, 0.3) is 5.91 Å². The molecule has 1 saturated heterocycles. The predicted molar refractivity (Wildman–Crippen MR) is 97.0 cm³/mol. The quantitative estimate of drug-likeness (QED) is 0.898. The van der Waals surface area contributed by atoms with Crippen molar-refractivity contribution in [2.45, 2.75) is 47.5 Å². The van der Waals surface area contributed by atoms with Crippen LogP contribution in [0.2, 0.25) is 0 Å². The fourth-order valence-corrected chi connectivity index (χ4v) is 3.75. The number of rotatable bonds is 5. The van der Waals surface area contributed by atoms with Crippen molar-refractivity contribution < 1.29 is 4.79 Å². The fourth-order valence-electron chi connectivity index (χ4n) is 3.75. The van der Waals surface area contributed by atoms with E-state index in [1.165, 1.54) is 38.0 Å². The lowest BCUT2D eigenvalue weighted by Crippen LogP contribution is -2.40. The Morgan fingerprint density at radius 3 is 2.26 bits per heavy atom. The topological polar surface area (TPSA) is 32.3 Å². The van der Waals surface area contributed by atoms with E-state index in [4.69, 9.17) is 0 Å². The van der Waals surface area contributed by atoms with Gasteiger partial charge >= 0.3 is 0 Å². The molecule has 0 aliphatic carbocycles. The molecule has 128 valence electrons. The molecule has 0 unspecified atom stereocenters. The first-order valence-corrected chi connectivity index (χ1v) is 8.95. The van der Waals surface area contributed by atoms with Crippen molar-refractivity contribution in [2.24, 2.45) is 11.8 Å². The van der Waals surface area contributed by atoms with E-state index in [-0.39, 0.29) is 5.91 Å². The zero-order valence-electron chi connectivity index (χ0n) is 15.4. The Bertz CT molecular complexity index is 520. The van der Waals surface area contributed by atoms with Crippen molar-refractivity contribution in [2.75, 3.05) is 26.2 Å². The third-order valence-electron chi connectivity index (χ3n) is 4.79. The smallest absolute Gasteiger partial charge is 0.251 e. The van der Waals surface area contributed by atoms with Gasteiger partial charge in [0.05, 0.1) is 0 Å². The van der Waals surface area contributed by atoms with E-state index in [0.717, 1.165) is 29.2 Å². The molecule has 0 radical (unpaired) electrons. The maximum Gasteiger partial charge on any atom is 0.251 e. The maximum absolute atomic E-state index is 12.5. The highest BCUT2D eigenvalue weighted by atomic mass is 16.1. The summed E-state index contributed by atoms with van der Waals surface area (Å²) in [6, 6.07) is 4.18. The molecule has 0 spiro atoms. The first kappa shape index (κ1) is 18.0. The van der Waals surface area contributed by atoms with E-state index in [9.17, 15) is 4.79 Å². The van der Waals surface area contributed by atoms with Gasteiger partial charge in [0, 0.05) is 18.7 Å². The number of nitrogens with zero attached hydrogens (tertiary/aromatic N) is 1. The second-order valence-electron chi connectivity index (χ2n) is 7.62. The lowest BCUT2D eigenvalue weighted by molar-refractivity contribution is 0.0933. The van der Waals surface area contributed by atoms with Crippen molar-refractivity contribution in [3.05, 3.63) is 34.4 Å². The van der Waals surface area contributed by atoms with Gasteiger partial charge in [-0.15, -0.1) is 0 Å². The summed E-state index contributed by atoms with van der Waals surface area (Å²) in [5.74, 6) is 1.44. The summed E-state index contributed by atoms with van der Waals surface area (Å²) in [7, 11) is 0. The molecule has 0 aromatic heterocycles. The molecular formula is C20H32N2O. The Morgan fingerprint density at radius 2 is 1.74 bits per heavy atom. The summed E-state index contributed by atoms with van der Waals surface area (Å²) in [6.45, 7) is 15.0. The molecule has 23 heavy (non-hydrogen) atoms. The van der Waals surface area contributed by atoms with Crippen molar-refractivity contribution in [3.8, 4) is 0 Å². The minimum absolute atomic E-state index is 0.0876. The van der Waals surface area contributed by atoms with Crippen LogP contribution in [-0.2, 0) is 0 Å². The Morgan fingerprint density at radius 1 is 1.17 bits per heavy atom. The number of piperidine rings is 1. The molecule has 1 aliphatic rings. The van der Waals surface area contributed by atoms with Crippen LogP contribution in [0.1, 0.15) is 53.7 Å². The summed E-state index contributed by atoms with van der Waals surface area (Å²) in [6.07, 6.45) is 2.39. The van der Waals surface area contributed by atoms with Gasteiger partial charge in [-0.1, -0.05) is 31.5 Å². The van der Waals surface area contributed by atoms with E-state index in [2.05, 4.69) is 43.1 Å². The molecule has 1 heterocycles. The molecule has 0 saturated carbocycles. The number of carbonyl (C=O) groups is 1. The van der Waals surface area contributed by atoms with Crippen LogP contribution in [0.5, 0.6) is 0 Å². The summed E-state index contributed by atoms with van der Waals surface area (Å²) in [5.41, 5.74) is 4.22. The fraction of sp³-hybridized carbons (Fsp3) is 0.650. The first-order valence-electron chi connectivity index (χ1n) is 8.95. The van der Waals surface area contributed by atoms with Crippen LogP contribution >= 0.6 is 0 Å². The molecular weight excluding hydrogens is 284 g/mol. The largest absolute Gasteiger partial charge is 0.352 e. The van der Waals surface area contributed by atoms with Gasteiger partial charge in [-0.05, 0) is 69.7 Å². The zero-order chi connectivity index (χ0) is 17.0. The first-order chi connectivity index (χ1) is 10.9. The van der Waals surface area contributed by atoms with Gasteiger partial charge < -0.3 is 10.2 Å². The van der Waals surface area contributed by atoms with Crippen molar-refractivity contribution in [3.63, 3.8) is 0 Å². The number of likely N-dealkylation sites (tertiary alicyclic amines) is 1. The normalized spacial score (nSPS) is 16.8. The monoisotopic (exact) mass is 316 g/mol. The van der Waals surface area contributed by atoms with Crippen molar-refractivity contribution in [1.29, 1.82) is 0 Å². The van der Waals surface area contributed by atoms with Crippen LogP contribution < -0.4 is 5.32 Å². The molecule has 1 aliphatic heterocycles. The van der Waals surface area contributed by atoms with Crippen LogP contribution in [0, 0.1) is 32.6 Å². The van der Waals surface area contributed by atoms with Gasteiger partial charge in [-0.3, -0.25) is 4.79 Å². The standard InChI is InChI=1S/C20H32N2O/c1-14(2)13-22-8-6-18(7-9-22)12-21-20(23)19-16(4)10-15(3)11-17(19)5/h10-11,14,18H,6-9,12-13H2,1-5H3,(H,21,23). The van der Waals surface area contributed by atoms with E-state index < -0.39 is 0 Å². The highest BCUT2D eigenvalue weighted by Crippen LogP contribution is 2.19. The van der Waals surface area contributed by atoms with Crippen LogP contribution in [-0.4, -0.2) is 37.0 Å². The Balaban J connectivity index is 1.84. The molecule has 1 aromatic rings. The SMILES string of the molecule is Cc1cc(C)c(C(=O)NCC2CCN(CC(C)C)CC2)c(C)c1. The molecule has 1 fully saturated rings. The number of amides is 1. The average Bonchev–Trinajstić information content (AvgIpc) is 2.45. The Hall–Kier alpha value is -1.35. The van der Waals surface area contributed by atoms with Gasteiger partial charge in [-0.2, -0.15) is 0 Å². The van der Waals surface area contributed by atoms with Crippen LogP contribution in [0.4, 0.5) is 0 Å². The number of nitrogens with one attached hydrogen (secondary N) is 1. The van der Waals surface area contributed by atoms with Gasteiger partial charge in [0.1, 0.15) is 0 Å². The van der Waals surface area contributed by atoms with Gasteiger partial charge in [0.15, 0.2) is 0 Å². The summed E-state index contributed by atoms with van der Waals surface area (Å²) in [4.78, 5) is 15.1. The zero-order valence-corrected chi connectivity index (χ0v) is 15.4. The Labute approximate surface area is 141 Å². The van der Waals surface area contributed by atoms with Crippen molar-refractivity contribution >= 4 is 5.91 Å². The highest BCUT2D eigenvalue weighted by molar-refractivity contribution is 5.97. The molecule has 1 N–H and O–H groups in total. The number of aryl methyl sites for hydroxylation is 3. The molecule has 0 atom stereocenters. The van der Waals surface area contributed by atoms with E-state index in [0.29, 0.717) is 5.92 Å². The van der Waals surface area contributed by atoms with Crippen molar-refractivity contribution in [1.82, 2.24) is 10.2 Å². The van der Waals surface area contributed by atoms with Crippen LogP contribution in [0.3, 0.4) is 0 Å². The molecule has 1 aromatic carbocycles. The summed E-state index contributed by atoms with van der Waals surface area (Å²) < 4.78 is 0. The third kappa shape index (κ3) is 5.07. The average molecular weight is 316 g/mol. The van der Waals surface area contributed by atoms with Crippen LogP contribution in [0.15, 0.2) is 12.1 Å². The number of hydrogen-bond acceptors (Lipinski definition) is 2. The second-order valence-corrected chi connectivity index (χ2v) is 7.62. The van der Waals surface area contributed by atoms with Crippen LogP contribution in [0.25, 0.3) is 0 Å². The Kier molecular flexibility index (Phi) is 6.23. The van der Waals surface area contributed by atoms with Gasteiger partial charge in [-0.25, -0.2) is 0 Å². The molecule has 2 rings (SSSR count). The van der Waals surface area contributed by atoms with E-state index in [1.54, 1.807) is 0 Å². The summed E-state index contributed by atoms with van der Waals surface area (Å²) in [5, 5.41) is 3.17. The van der Waals surface area contributed by atoms with Gasteiger partial charge in [0.2, 0.25) is 0 Å². The predicted octanol–water partition coefficient (Wildman–Crippen LogP) is 3.71.